The Morgan fingerprint density at radius 3 is 2.81 bits per heavy atom. The van der Waals surface area contributed by atoms with E-state index in [9.17, 15) is 0 Å². The van der Waals surface area contributed by atoms with Gasteiger partial charge in [-0.2, -0.15) is 0 Å². The van der Waals surface area contributed by atoms with Crippen molar-refractivity contribution >= 4 is 16.6 Å². The molecule has 0 fully saturated rings. The summed E-state index contributed by atoms with van der Waals surface area (Å²) in [5.41, 5.74) is 4.72. The number of aryl methyl sites for hydroxylation is 2. The van der Waals surface area contributed by atoms with Crippen LogP contribution < -0.4 is 5.32 Å². The fourth-order valence-corrected chi connectivity index (χ4v) is 2.04. The van der Waals surface area contributed by atoms with Gasteiger partial charge in [0.15, 0.2) is 0 Å². The Balaban J connectivity index is 2.69. The average molecular weight is 214 g/mol. The minimum Gasteiger partial charge on any atom is -0.388 e. The summed E-state index contributed by atoms with van der Waals surface area (Å²) in [5, 5.41) is 4.47. The molecule has 0 unspecified atom stereocenters. The van der Waals surface area contributed by atoms with Gasteiger partial charge >= 0.3 is 0 Å². The van der Waals surface area contributed by atoms with Gasteiger partial charge in [0.25, 0.3) is 0 Å². The van der Waals surface area contributed by atoms with E-state index >= 15 is 0 Å². The fourth-order valence-electron chi connectivity index (χ4n) is 2.04. The summed E-state index contributed by atoms with van der Waals surface area (Å²) in [6, 6.07) is 8.48. The number of nitrogens with one attached hydrogen (secondary N) is 1. The van der Waals surface area contributed by atoms with Crippen LogP contribution in [0, 0.1) is 6.92 Å². The van der Waals surface area contributed by atoms with Crippen molar-refractivity contribution in [3.8, 4) is 0 Å². The van der Waals surface area contributed by atoms with Crippen molar-refractivity contribution in [1.82, 2.24) is 4.98 Å². The van der Waals surface area contributed by atoms with Gasteiger partial charge in [-0.25, -0.2) is 0 Å². The molecular weight excluding hydrogens is 196 g/mol. The van der Waals surface area contributed by atoms with Crippen LogP contribution in [-0.2, 0) is 6.42 Å². The van der Waals surface area contributed by atoms with Crippen LogP contribution >= 0.6 is 0 Å². The van der Waals surface area contributed by atoms with Crippen molar-refractivity contribution in [3.05, 3.63) is 35.5 Å². The van der Waals surface area contributed by atoms with E-state index < -0.39 is 0 Å². The van der Waals surface area contributed by atoms with E-state index in [4.69, 9.17) is 4.98 Å². The normalized spacial score (nSPS) is 10.7. The third-order valence-corrected chi connectivity index (χ3v) is 2.87. The van der Waals surface area contributed by atoms with Crippen molar-refractivity contribution in [3.63, 3.8) is 0 Å². The quantitative estimate of drug-likeness (QED) is 0.845. The second kappa shape index (κ2) is 4.52. The second-order valence-electron chi connectivity index (χ2n) is 4.13. The Hall–Kier alpha value is -1.57. The van der Waals surface area contributed by atoms with Gasteiger partial charge in [0.05, 0.1) is 5.52 Å². The maximum atomic E-state index is 4.73. The second-order valence-corrected chi connectivity index (χ2v) is 4.13. The Bertz CT molecular complexity index is 503. The summed E-state index contributed by atoms with van der Waals surface area (Å²) < 4.78 is 0. The van der Waals surface area contributed by atoms with E-state index in [2.05, 4.69) is 43.4 Å². The number of anilines is 1. The molecule has 1 aromatic carbocycles. The molecule has 16 heavy (non-hydrogen) atoms. The van der Waals surface area contributed by atoms with E-state index in [1.807, 2.05) is 7.05 Å². The van der Waals surface area contributed by atoms with Crippen LogP contribution in [0.2, 0.25) is 0 Å². The molecule has 0 bridgehead atoms. The number of aromatic nitrogens is 1. The maximum absolute atomic E-state index is 4.73. The molecule has 0 aliphatic heterocycles. The zero-order valence-electron chi connectivity index (χ0n) is 10.2. The predicted octanol–water partition coefficient (Wildman–Crippen LogP) is 3.54. The Morgan fingerprint density at radius 2 is 2.12 bits per heavy atom. The molecule has 0 aliphatic rings. The van der Waals surface area contributed by atoms with Gasteiger partial charge in [-0.1, -0.05) is 31.5 Å². The van der Waals surface area contributed by atoms with Gasteiger partial charge in [0, 0.05) is 23.8 Å². The molecule has 1 N–H and O–H groups in total. The summed E-state index contributed by atoms with van der Waals surface area (Å²) in [6.45, 7) is 4.30. The van der Waals surface area contributed by atoms with E-state index in [1.54, 1.807) is 0 Å². The summed E-state index contributed by atoms with van der Waals surface area (Å²) in [5.74, 6) is 0. The third kappa shape index (κ3) is 1.87. The lowest BCUT2D eigenvalue weighted by Crippen LogP contribution is -1.97. The first-order valence-corrected chi connectivity index (χ1v) is 5.83. The number of para-hydroxylation sites is 1. The molecule has 0 atom stereocenters. The number of hydrogen-bond donors (Lipinski definition) is 1. The van der Waals surface area contributed by atoms with Crippen LogP contribution in [0.25, 0.3) is 10.9 Å². The van der Waals surface area contributed by atoms with Crippen LogP contribution in [0.1, 0.15) is 24.6 Å². The summed E-state index contributed by atoms with van der Waals surface area (Å²) in [6.07, 6.45) is 2.17. The molecule has 1 heterocycles. The van der Waals surface area contributed by atoms with Gasteiger partial charge in [-0.15, -0.1) is 0 Å². The Labute approximate surface area is 96.7 Å². The molecule has 1 aromatic heterocycles. The van der Waals surface area contributed by atoms with Crippen molar-refractivity contribution in [2.45, 2.75) is 26.7 Å². The summed E-state index contributed by atoms with van der Waals surface area (Å²) in [7, 11) is 1.97. The molecule has 2 heteroatoms. The zero-order chi connectivity index (χ0) is 11.5. The highest BCUT2D eigenvalue weighted by Gasteiger charge is 2.05. The molecular formula is C14H18N2. The minimum atomic E-state index is 1.04. The highest BCUT2D eigenvalue weighted by atomic mass is 14.8. The fraction of sp³-hybridized carbons (Fsp3) is 0.357. The number of hydrogen-bond acceptors (Lipinski definition) is 2. The van der Waals surface area contributed by atoms with Gasteiger partial charge in [0.2, 0.25) is 0 Å². The lowest BCUT2D eigenvalue weighted by Gasteiger charge is -2.10. The van der Waals surface area contributed by atoms with Crippen LogP contribution in [0.5, 0.6) is 0 Å². The number of nitrogens with zero attached hydrogens (tertiary/aromatic N) is 1. The van der Waals surface area contributed by atoms with E-state index in [1.165, 1.54) is 22.3 Å². The number of rotatable bonds is 3. The minimum absolute atomic E-state index is 1.04. The number of fused-ring (bicyclic) bond motifs is 1. The zero-order valence-corrected chi connectivity index (χ0v) is 10.2. The molecule has 2 nitrogen and oxygen atoms in total. The van der Waals surface area contributed by atoms with Crippen molar-refractivity contribution < 1.29 is 0 Å². The predicted molar refractivity (Wildman–Crippen MR) is 70.0 cm³/mol. The smallest absolute Gasteiger partial charge is 0.0755 e. The van der Waals surface area contributed by atoms with Crippen LogP contribution in [0.15, 0.2) is 24.3 Å². The first kappa shape index (κ1) is 10.9. The number of benzene rings is 1. The van der Waals surface area contributed by atoms with E-state index in [0.717, 1.165) is 18.4 Å². The molecule has 0 aliphatic carbocycles. The van der Waals surface area contributed by atoms with E-state index in [-0.39, 0.29) is 0 Å². The molecule has 84 valence electrons. The number of pyridine rings is 1. The molecule has 0 spiro atoms. The molecule has 2 aromatic rings. The van der Waals surface area contributed by atoms with E-state index in [0.29, 0.717) is 0 Å². The van der Waals surface area contributed by atoms with Gasteiger partial charge < -0.3 is 5.32 Å². The largest absolute Gasteiger partial charge is 0.388 e. The van der Waals surface area contributed by atoms with Gasteiger partial charge in [-0.3, -0.25) is 4.98 Å². The monoisotopic (exact) mass is 214 g/mol. The maximum Gasteiger partial charge on any atom is 0.0755 e. The first-order valence-electron chi connectivity index (χ1n) is 5.83. The molecule has 0 radical (unpaired) electrons. The summed E-state index contributed by atoms with van der Waals surface area (Å²) in [4.78, 5) is 4.73. The Kier molecular flexibility index (Phi) is 3.09. The molecule has 0 saturated carbocycles. The third-order valence-electron chi connectivity index (χ3n) is 2.87. The van der Waals surface area contributed by atoms with Gasteiger partial charge in [-0.05, 0) is 25.0 Å². The van der Waals surface area contributed by atoms with Crippen LogP contribution in [-0.4, -0.2) is 12.0 Å². The lowest BCUT2D eigenvalue weighted by molar-refractivity contribution is 0.889. The standard InChI is InChI=1S/C14H18N2/c1-4-6-11-9-13(15-3)12-8-5-7-10(2)14(12)16-11/h5,7-9H,4,6H2,1-3H3,(H,15,16). The van der Waals surface area contributed by atoms with Gasteiger partial charge in [0.1, 0.15) is 0 Å². The van der Waals surface area contributed by atoms with Crippen molar-refractivity contribution in [2.24, 2.45) is 0 Å². The van der Waals surface area contributed by atoms with Crippen molar-refractivity contribution in [2.75, 3.05) is 12.4 Å². The molecule has 0 amide bonds. The summed E-state index contributed by atoms with van der Waals surface area (Å²) >= 11 is 0. The molecule has 0 saturated heterocycles. The highest BCUT2D eigenvalue weighted by Crippen LogP contribution is 2.25. The topological polar surface area (TPSA) is 24.9 Å². The Morgan fingerprint density at radius 1 is 1.31 bits per heavy atom. The average Bonchev–Trinajstić information content (AvgIpc) is 2.30. The van der Waals surface area contributed by atoms with Crippen molar-refractivity contribution in [1.29, 1.82) is 0 Å². The van der Waals surface area contributed by atoms with Crippen LogP contribution in [0.3, 0.4) is 0 Å². The lowest BCUT2D eigenvalue weighted by atomic mass is 10.1. The SMILES string of the molecule is CCCc1cc(NC)c2cccc(C)c2n1. The van der Waals surface area contributed by atoms with Crippen LogP contribution in [0.4, 0.5) is 5.69 Å². The highest BCUT2D eigenvalue weighted by molar-refractivity contribution is 5.93. The molecule has 2 rings (SSSR count). The first-order chi connectivity index (χ1) is 7.76.